The Labute approximate surface area is 218 Å². The van der Waals surface area contributed by atoms with E-state index in [1.165, 1.54) is 31.4 Å². The van der Waals surface area contributed by atoms with Gasteiger partial charge in [0.2, 0.25) is 0 Å². The second-order valence-corrected chi connectivity index (χ2v) is 8.24. The summed E-state index contributed by atoms with van der Waals surface area (Å²) in [5.74, 6) is -1.08. The summed E-state index contributed by atoms with van der Waals surface area (Å²) in [5.41, 5.74) is 1.63. The molecule has 1 N–H and O–H groups in total. The molecule has 0 saturated heterocycles. The number of allylic oxidation sites excluding steroid dienone is 1. The van der Waals surface area contributed by atoms with Crippen LogP contribution in [0.2, 0.25) is 0 Å². The Bertz CT molecular complexity index is 1430. The van der Waals surface area contributed by atoms with E-state index in [2.05, 4.69) is 5.32 Å². The van der Waals surface area contributed by atoms with Gasteiger partial charge in [0.25, 0.3) is 11.8 Å². The van der Waals surface area contributed by atoms with E-state index in [0.29, 0.717) is 22.7 Å². The van der Waals surface area contributed by atoms with Gasteiger partial charge in [-0.3, -0.25) is 14.5 Å². The van der Waals surface area contributed by atoms with Gasteiger partial charge < -0.3 is 19.5 Å². The van der Waals surface area contributed by atoms with Gasteiger partial charge in [0.05, 0.1) is 31.1 Å². The van der Waals surface area contributed by atoms with E-state index in [4.69, 9.17) is 14.2 Å². The van der Waals surface area contributed by atoms with Gasteiger partial charge in [0.15, 0.2) is 6.61 Å². The molecule has 1 aliphatic rings. The molecule has 0 aliphatic carbocycles. The Balaban J connectivity index is 1.48. The van der Waals surface area contributed by atoms with Crippen LogP contribution >= 0.6 is 0 Å². The highest BCUT2D eigenvalue weighted by Gasteiger charge is 2.38. The third kappa shape index (κ3) is 5.57. The molecule has 2 amide bonds. The average Bonchev–Trinajstić information content (AvgIpc) is 3.17. The number of nitrogens with one attached hydrogen (secondary N) is 1. The summed E-state index contributed by atoms with van der Waals surface area (Å²) >= 11 is 0. The summed E-state index contributed by atoms with van der Waals surface area (Å²) in [6.45, 7) is 1.35. The molecule has 0 saturated carbocycles. The molecule has 38 heavy (non-hydrogen) atoms. The monoisotopic (exact) mass is 516 g/mol. The van der Waals surface area contributed by atoms with Crippen molar-refractivity contribution in [3.8, 4) is 11.5 Å². The zero-order valence-corrected chi connectivity index (χ0v) is 21.0. The summed E-state index contributed by atoms with van der Waals surface area (Å²) in [6.07, 6.45) is 1.53. The maximum Gasteiger partial charge on any atom is 0.340 e. The van der Waals surface area contributed by atoms with Gasteiger partial charge >= 0.3 is 5.97 Å². The highest BCUT2D eigenvalue weighted by atomic mass is 19.1. The minimum Gasteiger partial charge on any atom is -0.497 e. The highest BCUT2D eigenvalue weighted by Crippen LogP contribution is 2.36. The lowest BCUT2D eigenvalue weighted by molar-refractivity contribution is -0.136. The first-order valence-corrected chi connectivity index (χ1v) is 11.6. The van der Waals surface area contributed by atoms with Gasteiger partial charge in [0.1, 0.15) is 17.3 Å². The van der Waals surface area contributed by atoms with Crippen LogP contribution in [-0.2, 0) is 19.1 Å². The van der Waals surface area contributed by atoms with E-state index in [1.54, 1.807) is 68.6 Å². The van der Waals surface area contributed by atoms with Crippen molar-refractivity contribution < 1.29 is 33.0 Å². The number of nitrogens with zero attached hydrogens (tertiary/aromatic N) is 1. The van der Waals surface area contributed by atoms with Gasteiger partial charge in [-0.05, 0) is 67.1 Å². The Morgan fingerprint density at radius 2 is 1.61 bits per heavy atom. The third-order valence-corrected chi connectivity index (χ3v) is 5.82. The van der Waals surface area contributed by atoms with E-state index in [-0.39, 0.29) is 35.0 Å². The van der Waals surface area contributed by atoms with Crippen molar-refractivity contribution in [1.82, 2.24) is 0 Å². The van der Waals surface area contributed by atoms with Crippen molar-refractivity contribution in [3.63, 3.8) is 0 Å². The molecular formula is C29H25FN2O6. The molecular weight excluding hydrogens is 491 g/mol. The van der Waals surface area contributed by atoms with E-state index < -0.39 is 17.7 Å². The lowest BCUT2D eigenvalue weighted by Gasteiger charge is -2.18. The molecule has 0 fully saturated rings. The fourth-order valence-corrected chi connectivity index (χ4v) is 3.95. The van der Waals surface area contributed by atoms with Crippen LogP contribution in [0, 0.1) is 5.82 Å². The number of benzene rings is 3. The fourth-order valence-electron chi connectivity index (χ4n) is 3.95. The highest BCUT2D eigenvalue weighted by molar-refractivity contribution is 6.23. The number of rotatable bonds is 8. The number of halogens is 1. The number of ether oxygens (including phenoxy) is 3. The molecule has 8 nitrogen and oxygen atoms in total. The summed E-state index contributed by atoms with van der Waals surface area (Å²) < 4.78 is 30.0. The molecule has 9 heteroatoms. The van der Waals surface area contributed by atoms with E-state index in [1.807, 2.05) is 0 Å². The number of esters is 1. The number of para-hydroxylation sites is 1. The Morgan fingerprint density at radius 3 is 2.24 bits per heavy atom. The molecule has 194 valence electrons. The van der Waals surface area contributed by atoms with E-state index in [9.17, 15) is 18.8 Å². The molecule has 1 heterocycles. The molecule has 3 aromatic rings. The van der Waals surface area contributed by atoms with E-state index >= 15 is 0 Å². The van der Waals surface area contributed by atoms with Crippen LogP contribution < -0.4 is 19.7 Å². The number of carbonyl (C=O) groups excluding carboxylic acids is 3. The van der Waals surface area contributed by atoms with Crippen LogP contribution in [0.5, 0.6) is 11.5 Å². The van der Waals surface area contributed by atoms with Crippen LogP contribution in [0.1, 0.15) is 12.5 Å². The van der Waals surface area contributed by atoms with Crippen molar-refractivity contribution >= 4 is 35.2 Å². The van der Waals surface area contributed by atoms with Crippen molar-refractivity contribution in [2.24, 2.45) is 0 Å². The maximum absolute atomic E-state index is 14.5. The van der Waals surface area contributed by atoms with Crippen molar-refractivity contribution in [3.05, 3.63) is 101 Å². The molecule has 0 unspecified atom stereocenters. The quantitative estimate of drug-likeness (QED) is 0.344. The zero-order valence-electron chi connectivity index (χ0n) is 21.0. The molecule has 0 bridgehead atoms. The van der Waals surface area contributed by atoms with E-state index in [0.717, 1.165) is 4.90 Å². The largest absolute Gasteiger partial charge is 0.497 e. The lowest BCUT2D eigenvalue weighted by Crippen LogP contribution is -2.25. The molecule has 3 aromatic carbocycles. The van der Waals surface area contributed by atoms with Gasteiger partial charge in [-0.25, -0.2) is 9.18 Å². The second-order valence-electron chi connectivity index (χ2n) is 8.24. The normalized spacial score (nSPS) is 14.1. The molecule has 0 spiro atoms. The van der Waals surface area contributed by atoms with Crippen molar-refractivity contribution in [2.45, 2.75) is 6.92 Å². The second kappa shape index (κ2) is 11.4. The maximum atomic E-state index is 14.5. The van der Waals surface area contributed by atoms with Gasteiger partial charge in [-0.2, -0.15) is 0 Å². The van der Waals surface area contributed by atoms with Crippen LogP contribution in [0.4, 0.5) is 15.8 Å². The number of anilines is 2. The van der Waals surface area contributed by atoms with Gasteiger partial charge in [-0.15, -0.1) is 0 Å². The third-order valence-electron chi connectivity index (χ3n) is 5.82. The van der Waals surface area contributed by atoms with Crippen molar-refractivity contribution in [2.75, 3.05) is 31.0 Å². The molecule has 4 rings (SSSR count). The molecule has 0 atom stereocenters. The first-order chi connectivity index (χ1) is 18.3. The molecule has 1 aliphatic heterocycles. The summed E-state index contributed by atoms with van der Waals surface area (Å²) in [7, 11) is 2.78. The van der Waals surface area contributed by atoms with Crippen LogP contribution in [-0.4, -0.2) is 38.6 Å². The fraction of sp³-hybridized carbons (Fsp3) is 0.138. The number of hydrogen-bond acceptors (Lipinski definition) is 6. The Hall–Kier alpha value is -4.92. The SMILES string of the molecule is COC(=O)C1=C(C)N(c2ccccc2F)C(=O)/C1=C\c1ccc(OCC(=O)Nc2ccc(OC)cc2)cc1. The smallest absolute Gasteiger partial charge is 0.340 e. The first-order valence-electron chi connectivity index (χ1n) is 11.6. The Kier molecular flexibility index (Phi) is 7.86. The zero-order chi connectivity index (χ0) is 27.2. The molecule has 0 radical (unpaired) electrons. The van der Waals surface area contributed by atoms with Crippen LogP contribution in [0.15, 0.2) is 89.6 Å². The number of carbonyl (C=O) groups is 3. The lowest BCUT2D eigenvalue weighted by atomic mass is 10.0. The Morgan fingerprint density at radius 1 is 0.947 bits per heavy atom. The summed E-state index contributed by atoms with van der Waals surface area (Å²) in [4.78, 5) is 39.2. The predicted molar refractivity (Wildman–Crippen MR) is 140 cm³/mol. The van der Waals surface area contributed by atoms with Crippen LogP contribution in [0.3, 0.4) is 0 Å². The number of methoxy groups -OCH3 is 2. The van der Waals surface area contributed by atoms with Gasteiger partial charge in [0, 0.05) is 11.4 Å². The topological polar surface area (TPSA) is 94.2 Å². The summed E-state index contributed by atoms with van der Waals surface area (Å²) in [6, 6.07) is 19.3. The number of amides is 2. The average molecular weight is 517 g/mol. The standard InChI is InChI=1S/C29H25FN2O6/c1-18-27(29(35)37-3)23(28(34)32(18)25-7-5-4-6-24(25)30)16-19-8-12-22(13-9-19)38-17-26(33)31-20-10-14-21(36-2)15-11-20/h4-16H,17H2,1-3H3,(H,31,33)/b23-16-. The molecule has 0 aromatic heterocycles. The van der Waals surface area contributed by atoms with Gasteiger partial charge in [-0.1, -0.05) is 24.3 Å². The first kappa shape index (κ1) is 26.2. The van der Waals surface area contributed by atoms with Crippen molar-refractivity contribution in [1.29, 1.82) is 0 Å². The minimum atomic E-state index is -0.705. The predicted octanol–water partition coefficient (Wildman–Crippen LogP) is 4.73. The summed E-state index contributed by atoms with van der Waals surface area (Å²) in [5, 5.41) is 2.73. The van der Waals surface area contributed by atoms with Crippen LogP contribution in [0.25, 0.3) is 6.08 Å². The number of hydrogen-bond donors (Lipinski definition) is 1. The minimum absolute atomic E-state index is 0.0384.